The Morgan fingerprint density at radius 1 is 1.24 bits per heavy atom. The van der Waals surface area contributed by atoms with Crippen LogP contribution >= 0.6 is 0 Å². The summed E-state index contributed by atoms with van der Waals surface area (Å²) in [6.45, 7) is 2.52. The highest BCUT2D eigenvalue weighted by atomic mass is 16.5. The van der Waals surface area contributed by atoms with Gasteiger partial charge in [-0.05, 0) is 31.5 Å². The first kappa shape index (κ1) is 12.4. The van der Waals surface area contributed by atoms with E-state index in [-0.39, 0.29) is 5.54 Å². The normalized spacial score (nSPS) is 24.5. The monoisotopic (exact) mass is 234 g/mol. The molecule has 1 aromatic rings. The van der Waals surface area contributed by atoms with Gasteiger partial charge in [-0.15, -0.1) is 0 Å². The standard InChI is InChI=1S/C14H22N2O/c15-12-14(8-4-5-10-16-14)9-11-17-13-6-2-1-3-7-13/h1-3,6-7,16H,4-5,8-12,15H2. The molecule has 2 rings (SSSR count). The van der Waals surface area contributed by atoms with E-state index < -0.39 is 0 Å². The highest BCUT2D eigenvalue weighted by molar-refractivity contribution is 5.20. The molecule has 1 fully saturated rings. The molecule has 1 saturated heterocycles. The molecule has 0 amide bonds. The molecule has 1 aliphatic rings. The first-order chi connectivity index (χ1) is 8.35. The minimum absolute atomic E-state index is 0.104. The maximum Gasteiger partial charge on any atom is 0.119 e. The first-order valence-corrected chi connectivity index (χ1v) is 6.48. The average Bonchev–Trinajstić information content (AvgIpc) is 2.41. The minimum atomic E-state index is 0.104. The van der Waals surface area contributed by atoms with Gasteiger partial charge in [-0.1, -0.05) is 24.6 Å². The Morgan fingerprint density at radius 2 is 2.06 bits per heavy atom. The fraction of sp³-hybridized carbons (Fsp3) is 0.571. The summed E-state index contributed by atoms with van der Waals surface area (Å²) in [6.07, 6.45) is 4.69. The molecule has 1 aromatic carbocycles. The molecule has 0 bridgehead atoms. The molecule has 0 saturated carbocycles. The summed E-state index contributed by atoms with van der Waals surface area (Å²) in [5.41, 5.74) is 6.00. The zero-order valence-electron chi connectivity index (χ0n) is 10.3. The molecule has 94 valence electrons. The SMILES string of the molecule is NCC1(CCOc2ccccc2)CCCCN1. The van der Waals surface area contributed by atoms with E-state index in [2.05, 4.69) is 5.32 Å². The Balaban J connectivity index is 1.80. The maximum absolute atomic E-state index is 5.90. The summed E-state index contributed by atoms with van der Waals surface area (Å²) in [5.74, 6) is 0.940. The second kappa shape index (κ2) is 6.03. The van der Waals surface area contributed by atoms with Gasteiger partial charge in [0.25, 0.3) is 0 Å². The third kappa shape index (κ3) is 3.45. The summed E-state index contributed by atoms with van der Waals surface area (Å²) in [7, 11) is 0. The van der Waals surface area contributed by atoms with E-state index in [1.54, 1.807) is 0 Å². The van der Waals surface area contributed by atoms with Crippen LogP contribution in [0.3, 0.4) is 0 Å². The fourth-order valence-electron chi connectivity index (χ4n) is 2.40. The van der Waals surface area contributed by atoms with E-state index in [9.17, 15) is 0 Å². The van der Waals surface area contributed by atoms with Crippen LogP contribution in [0.1, 0.15) is 25.7 Å². The number of para-hydroxylation sites is 1. The molecular weight excluding hydrogens is 212 g/mol. The van der Waals surface area contributed by atoms with E-state index in [4.69, 9.17) is 10.5 Å². The Kier molecular flexibility index (Phi) is 4.40. The molecule has 1 aliphatic heterocycles. The zero-order chi connectivity index (χ0) is 12.0. The van der Waals surface area contributed by atoms with E-state index in [0.717, 1.165) is 25.3 Å². The summed E-state index contributed by atoms with van der Waals surface area (Å²) in [5, 5.41) is 3.56. The number of nitrogens with one attached hydrogen (secondary N) is 1. The molecule has 1 unspecified atom stereocenters. The van der Waals surface area contributed by atoms with E-state index >= 15 is 0 Å². The smallest absolute Gasteiger partial charge is 0.119 e. The summed E-state index contributed by atoms with van der Waals surface area (Å²) >= 11 is 0. The van der Waals surface area contributed by atoms with Crippen molar-refractivity contribution in [2.45, 2.75) is 31.2 Å². The van der Waals surface area contributed by atoms with Crippen molar-refractivity contribution in [2.75, 3.05) is 19.7 Å². The number of rotatable bonds is 5. The average molecular weight is 234 g/mol. The number of benzene rings is 1. The predicted octanol–water partition coefficient (Wildman–Crippen LogP) is 1.93. The molecule has 0 aliphatic carbocycles. The van der Waals surface area contributed by atoms with E-state index in [1.165, 1.54) is 19.3 Å². The highest BCUT2D eigenvalue weighted by Crippen LogP contribution is 2.22. The Hall–Kier alpha value is -1.06. The van der Waals surface area contributed by atoms with Crippen LogP contribution in [-0.4, -0.2) is 25.2 Å². The van der Waals surface area contributed by atoms with Crippen LogP contribution in [0.4, 0.5) is 0 Å². The number of ether oxygens (including phenoxy) is 1. The van der Waals surface area contributed by atoms with Crippen molar-refractivity contribution in [3.8, 4) is 5.75 Å². The van der Waals surface area contributed by atoms with Crippen LogP contribution < -0.4 is 15.8 Å². The number of hydrogen-bond donors (Lipinski definition) is 2. The van der Waals surface area contributed by atoms with E-state index in [0.29, 0.717) is 6.54 Å². The van der Waals surface area contributed by atoms with Crippen LogP contribution in [0.2, 0.25) is 0 Å². The molecule has 1 atom stereocenters. The minimum Gasteiger partial charge on any atom is -0.494 e. The number of nitrogens with two attached hydrogens (primary N) is 1. The predicted molar refractivity (Wildman–Crippen MR) is 70.2 cm³/mol. The van der Waals surface area contributed by atoms with Gasteiger partial charge in [-0.25, -0.2) is 0 Å². The van der Waals surface area contributed by atoms with Gasteiger partial charge in [0.2, 0.25) is 0 Å². The molecular formula is C14H22N2O. The lowest BCUT2D eigenvalue weighted by Crippen LogP contribution is -2.54. The molecule has 17 heavy (non-hydrogen) atoms. The van der Waals surface area contributed by atoms with Gasteiger partial charge in [0.05, 0.1) is 6.61 Å². The molecule has 0 aromatic heterocycles. The Morgan fingerprint density at radius 3 is 2.71 bits per heavy atom. The second-order valence-corrected chi connectivity index (χ2v) is 4.78. The van der Waals surface area contributed by atoms with Gasteiger partial charge < -0.3 is 15.8 Å². The van der Waals surface area contributed by atoms with Crippen molar-refractivity contribution in [1.29, 1.82) is 0 Å². The van der Waals surface area contributed by atoms with Crippen LogP contribution in [-0.2, 0) is 0 Å². The summed E-state index contributed by atoms with van der Waals surface area (Å²) in [6, 6.07) is 9.96. The third-order valence-corrected chi connectivity index (χ3v) is 3.57. The van der Waals surface area contributed by atoms with E-state index in [1.807, 2.05) is 30.3 Å². The van der Waals surface area contributed by atoms with Gasteiger partial charge in [-0.3, -0.25) is 0 Å². The highest BCUT2D eigenvalue weighted by Gasteiger charge is 2.29. The number of hydrogen-bond acceptors (Lipinski definition) is 3. The summed E-state index contributed by atoms with van der Waals surface area (Å²) < 4.78 is 5.74. The van der Waals surface area contributed by atoms with Gasteiger partial charge >= 0.3 is 0 Å². The summed E-state index contributed by atoms with van der Waals surface area (Å²) in [4.78, 5) is 0. The van der Waals surface area contributed by atoms with Crippen molar-refractivity contribution in [3.63, 3.8) is 0 Å². The quantitative estimate of drug-likeness (QED) is 0.818. The lowest BCUT2D eigenvalue weighted by molar-refractivity contribution is 0.194. The molecule has 3 heteroatoms. The molecule has 1 heterocycles. The third-order valence-electron chi connectivity index (χ3n) is 3.57. The number of piperidine rings is 1. The lowest BCUT2D eigenvalue weighted by Gasteiger charge is -2.37. The molecule has 3 nitrogen and oxygen atoms in total. The van der Waals surface area contributed by atoms with Gasteiger partial charge in [-0.2, -0.15) is 0 Å². The topological polar surface area (TPSA) is 47.3 Å². The largest absolute Gasteiger partial charge is 0.494 e. The van der Waals surface area contributed by atoms with Crippen molar-refractivity contribution in [3.05, 3.63) is 30.3 Å². The van der Waals surface area contributed by atoms with Crippen LogP contribution in [0.15, 0.2) is 30.3 Å². The van der Waals surface area contributed by atoms with Crippen LogP contribution in [0.25, 0.3) is 0 Å². The van der Waals surface area contributed by atoms with Crippen molar-refractivity contribution >= 4 is 0 Å². The van der Waals surface area contributed by atoms with Crippen LogP contribution in [0.5, 0.6) is 5.75 Å². The second-order valence-electron chi connectivity index (χ2n) is 4.78. The maximum atomic E-state index is 5.90. The van der Waals surface area contributed by atoms with Gasteiger partial charge in [0.15, 0.2) is 0 Å². The van der Waals surface area contributed by atoms with Gasteiger partial charge in [0.1, 0.15) is 5.75 Å². The first-order valence-electron chi connectivity index (χ1n) is 6.48. The Bertz CT molecular complexity index is 320. The zero-order valence-corrected chi connectivity index (χ0v) is 10.3. The van der Waals surface area contributed by atoms with Crippen molar-refractivity contribution in [2.24, 2.45) is 5.73 Å². The fourth-order valence-corrected chi connectivity index (χ4v) is 2.40. The van der Waals surface area contributed by atoms with Crippen molar-refractivity contribution < 1.29 is 4.74 Å². The van der Waals surface area contributed by atoms with Crippen LogP contribution in [0, 0.1) is 0 Å². The van der Waals surface area contributed by atoms with Gasteiger partial charge in [0, 0.05) is 18.5 Å². The van der Waals surface area contributed by atoms with Crippen molar-refractivity contribution in [1.82, 2.24) is 5.32 Å². The molecule has 0 radical (unpaired) electrons. The molecule has 3 N–H and O–H groups in total. The molecule has 0 spiro atoms. The Labute approximate surface area is 103 Å². The lowest BCUT2D eigenvalue weighted by atomic mass is 9.86.